The first-order valence-electron chi connectivity index (χ1n) is 8.23. The van der Waals surface area contributed by atoms with Gasteiger partial charge in [0.05, 0.1) is 17.1 Å². The number of benzene rings is 1. The summed E-state index contributed by atoms with van der Waals surface area (Å²) in [5.41, 5.74) is 3.00. The van der Waals surface area contributed by atoms with Crippen LogP contribution in [0.4, 0.5) is 5.69 Å². The van der Waals surface area contributed by atoms with Crippen LogP contribution in [0, 0.1) is 0 Å². The first-order valence-corrected chi connectivity index (χ1v) is 9.72. The molecule has 5 rings (SSSR count). The molecule has 5 aromatic rings. The van der Waals surface area contributed by atoms with Gasteiger partial charge in [-0.15, -0.1) is 0 Å². The smallest absolute Gasteiger partial charge is 0.280 e. The largest absolute Gasteiger partial charge is 0.356 e. The van der Waals surface area contributed by atoms with E-state index in [2.05, 4.69) is 29.8 Å². The Bertz CT molecular complexity index is 1370. The number of fused-ring (bicyclic) bond motifs is 2. The zero-order valence-electron chi connectivity index (χ0n) is 14.2. The molecule has 0 aliphatic rings. The molecule has 1 aromatic carbocycles. The van der Waals surface area contributed by atoms with Gasteiger partial charge in [-0.05, 0) is 36.4 Å². The summed E-state index contributed by atoms with van der Waals surface area (Å²) in [6.45, 7) is 0. The van der Waals surface area contributed by atoms with Gasteiger partial charge in [-0.3, -0.25) is 4.72 Å². The lowest BCUT2D eigenvalue weighted by Crippen LogP contribution is -2.14. The molecule has 9 nitrogen and oxygen atoms in total. The lowest BCUT2D eigenvalue weighted by atomic mass is 10.2. The predicted octanol–water partition coefficient (Wildman–Crippen LogP) is 2.96. The molecule has 138 valence electrons. The van der Waals surface area contributed by atoms with Crippen LogP contribution in [-0.2, 0) is 10.0 Å². The average Bonchev–Trinajstić information content (AvgIpc) is 3.34. The molecule has 0 aliphatic carbocycles. The lowest BCUT2D eigenvalue weighted by Gasteiger charge is -2.08. The molecule has 4 heterocycles. The number of anilines is 1. The Labute approximate surface area is 158 Å². The van der Waals surface area contributed by atoms with E-state index in [4.69, 9.17) is 4.52 Å². The topological polar surface area (TPSA) is 127 Å². The Morgan fingerprint density at radius 1 is 1.00 bits per heavy atom. The van der Waals surface area contributed by atoms with Gasteiger partial charge in [-0.2, -0.15) is 8.42 Å². The van der Waals surface area contributed by atoms with E-state index >= 15 is 0 Å². The van der Waals surface area contributed by atoms with Crippen LogP contribution >= 0.6 is 0 Å². The van der Waals surface area contributed by atoms with Crippen LogP contribution < -0.4 is 4.72 Å². The number of rotatable bonds is 4. The van der Waals surface area contributed by atoms with Crippen molar-refractivity contribution in [3.63, 3.8) is 0 Å². The maximum atomic E-state index is 12.7. The van der Waals surface area contributed by atoms with Crippen molar-refractivity contribution >= 4 is 37.8 Å². The SMILES string of the molecule is O=S(=O)(Nc1ccc(-c2nc3ncccc3[nH]2)cc1)c1nccc2oncc12. The third-order valence-electron chi connectivity index (χ3n) is 4.17. The molecule has 0 unspecified atom stereocenters. The fourth-order valence-corrected chi connectivity index (χ4v) is 4.05. The van der Waals surface area contributed by atoms with Crippen molar-refractivity contribution in [2.45, 2.75) is 5.03 Å². The van der Waals surface area contributed by atoms with Crippen molar-refractivity contribution in [3.8, 4) is 11.4 Å². The summed E-state index contributed by atoms with van der Waals surface area (Å²) in [5.74, 6) is 0.652. The highest BCUT2D eigenvalue weighted by molar-refractivity contribution is 7.92. The Balaban J connectivity index is 1.45. The molecule has 0 saturated carbocycles. The zero-order valence-corrected chi connectivity index (χ0v) is 15.0. The molecule has 0 atom stereocenters. The van der Waals surface area contributed by atoms with Crippen LogP contribution in [0.5, 0.6) is 0 Å². The number of hydrogen-bond acceptors (Lipinski definition) is 7. The Morgan fingerprint density at radius 2 is 1.86 bits per heavy atom. The molecule has 0 aliphatic heterocycles. The number of nitrogens with one attached hydrogen (secondary N) is 2. The van der Waals surface area contributed by atoms with Gasteiger partial charge in [-0.25, -0.2) is 15.0 Å². The van der Waals surface area contributed by atoms with Crippen molar-refractivity contribution in [1.82, 2.24) is 25.1 Å². The summed E-state index contributed by atoms with van der Waals surface area (Å²) in [7, 11) is -3.90. The van der Waals surface area contributed by atoms with Gasteiger partial charge >= 0.3 is 0 Å². The number of aromatic amines is 1. The van der Waals surface area contributed by atoms with Crippen LogP contribution in [0.2, 0.25) is 0 Å². The number of imidazole rings is 1. The van der Waals surface area contributed by atoms with Gasteiger partial charge in [-0.1, -0.05) is 5.16 Å². The fourth-order valence-electron chi connectivity index (χ4n) is 2.87. The highest BCUT2D eigenvalue weighted by Crippen LogP contribution is 2.25. The maximum absolute atomic E-state index is 12.7. The monoisotopic (exact) mass is 392 g/mol. The average molecular weight is 392 g/mol. The highest BCUT2D eigenvalue weighted by atomic mass is 32.2. The number of hydrogen-bond donors (Lipinski definition) is 2. The van der Waals surface area contributed by atoms with E-state index in [9.17, 15) is 8.42 Å². The number of aromatic nitrogens is 5. The molecule has 0 amide bonds. The van der Waals surface area contributed by atoms with E-state index in [0.717, 1.165) is 11.1 Å². The Hall–Kier alpha value is -3.79. The predicted molar refractivity (Wildman–Crippen MR) is 102 cm³/mol. The van der Waals surface area contributed by atoms with Crippen LogP contribution in [0.1, 0.15) is 0 Å². The van der Waals surface area contributed by atoms with E-state index in [1.807, 2.05) is 12.1 Å². The van der Waals surface area contributed by atoms with E-state index in [1.165, 1.54) is 12.4 Å². The van der Waals surface area contributed by atoms with Gasteiger partial charge in [0.25, 0.3) is 10.0 Å². The van der Waals surface area contributed by atoms with Gasteiger partial charge in [0.2, 0.25) is 0 Å². The minimum atomic E-state index is -3.90. The second-order valence-corrected chi connectivity index (χ2v) is 7.59. The summed E-state index contributed by atoms with van der Waals surface area (Å²) in [4.78, 5) is 15.8. The van der Waals surface area contributed by atoms with Gasteiger partial charge in [0.15, 0.2) is 16.3 Å². The second-order valence-electron chi connectivity index (χ2n) is 6.00. The van der Waals surface area contributed by atoms with Gasteiger partial charge in [0, 0.05) is 29.7 Å². The number of nitrogens with zero attached hydrogens (tertiary/aromatic N) is 4. The number of H-pyrrole nitrogens is 1. The second kappa shape index (κ2) is 6.13. The first-order chi connectivity index (χ1) is 13.6. The maximum Gasteiger partial charge on any atom is 0.280 e. The molecule has 2 N–H and O–H groups in total. The summed E-state index contributed by atoms with van der Waals surface area (Å²) >= 11 is 0. The molecule has 0 spiro atoms. The summed E-state index contributed by atoms with van der Waals surface area (Å²) < 4.78 is 32.9. The van der Waals surface area contributed by atoms with Crippen molar-refractivity contribution in [3.05, 3.63) is 61.1 Å². The highest BCUT2D eigenvalue weighted by Gasteiger charge is 2.21. The quantitative estimate of drug-likeness (QED) is 0.481. The Morgan fingerprint density at radius 3 is 2.68 bits per heavy atom. The van der Waals surface area contributed by atoms with Crippen molar-refractivity contribution in [2.24, 2.45) is 0 Å². The molecule has 10 heteroatoms. The Kier molecular flexibility index (Phi) is 3.59. The molecular formula is C18H12N6O3S. The van der Waals surface area contributed by atoms with E-state index in [1.54, 1.807) is 36.5 Å². The van der Waals surface area contributed by atoms with E-state index in [-0.39, 0.29) is 5.03 Å². The van der Waals surface area contributed by atoms with Crippen LogP contribution in [0.25, 0.3) is 33.5 Å². The molecule has 0 bridgehead atoms. The number of pyridine rings is 2. The summed E-state index contributed by atoms with van der Waals surface area (Å²) in [5, 5.41) is 3.80. The molecular weight excluding hydrogens is 380 g/mol. The minimum absolute atomic E-state index is 0.140. The zero-order chi connectivity index (χ0) is 19.1. The molecule has 0 saturated heterocycles. The van der Waals surface area contributed by atoms with Crippen LogP contribution in [0.3, 0.4) is 0 Å². The summed E-state index contributed by atoms with van der Waals surface area (Å²) in [6, 6.07) is 12.1. The van der Waals surface area contributed by atoms with Crippen molar-refractivity contribution in [1.29, 1.82) is 0 Å². The molecule has 0 radical (unpaired) electrons. The minimum Gasteiger partial charge on any atom is -0.356 e. The fraction of sp³-hybridized carbons (Fsp3) is 0. The first kappa shape index (κ1) is 16.4. The molecule has 0 fully saturated rings. The van der Waals surface area contributed by atoms with Crippen LogP contribution in [0.15, 0.2) is 70.6 Å². The molecule has 28 heavy (non-hydrogen) atoms. The lowest BCUT2D eigenvalue weighted by molar-refractivity contribution is 0.456. The van der Waals surface area contributed by atoms with Crippen molar-refractivity contribution < 1.29 is 12.9 Å². The van der Waals surface area contributed by atoms with Crippen molar-refractivity contribution in [2.75, 3.05) is 4.72 Å². The third-order valence-corrected chi connectivity index (χ3v) is 5.51. The normalized spacial score (nSPS) is 11.9. The van der Waals surface area contributed by atoms with Gasteiger partial charge < -0.3 is 9.51 Å². The van der Waals surface area contributed by atoms with Crippen LogP contribution in [-0.4, -0.2) is 33.5 Å². The van der Waals surface area contributed by atoms with Gasteiger partial charge in [0.1, 0.15) is 5.82 Å². The molecule has 4 aromatic heterocycles. The van der Waals surface area contributed by atoms with E-state index in [0.29, 0.717) is 28.1 Å². The number of sulfonamides is 1. The standard InChI is InChI=1S/C18H12N6O3S/c25-28(26,18-13-10-21-27-15(13)7-9-20-18)24-12-5-3-11(4-6-12)16-22-14-2-1-8-19-17(14)23-16/h1-10,24H,(H,19,22,23). The summed E-state index contributed by atoms with van der Waals surface area (Å²) in [6.07, 6.45) is 4.37. The third kappa shape index (κ3) is 2.76. The van der Waals surface area contributed by atoms with E-state index < -0.39 is 10.0 Å².